The number of Topliss-reactive ketones (excluding diaryl/α,β-unsaturated/α-hetero) is 2. The molecule has 1 aliphatic heterocycles. The molecule has 4 heteroatoms. The van der Waals surface area contributed by atoms with E-state index in [9.17, 15) is 14.4 Å². The summed E-state index contributed by atoms with van der Waals surface area (Å²) in [6, 6.07) is 17.2. The van der Waals surface area contributed by atoms with Crippen LogP contribution in [0.25, 0.3) is 0 Å². The summed E-state index contributed by atoms with van der Waals surface area (Å²) in [7, 11) is 0. The molecule has 2 unspecified atom stereocenters. The van der Waals surface area contributed by atoms with Crippen LogP contribution in [-0.2, 0) is 27.2 Å². The molecule has 1 N–H and O–H groups in total. The number of rotatable bonds is 7. The fraction of sp³-hybridized carbons (Fsp3) is 0.318. The van der Waals surface area contributed by atoms with E-state index in [0.717, 1.165) is 16.7 Å². The molecule has 0 spiro atoms. The first kappa shape index (κ1) is 18.1. The number of hydrogen-bond donors (Lipinski definition) is 1. The minimum Gasteiger partial charge on any atom is -0.345 e. The van der Waals surface area contributed by atoms with Gasteiger partial charge in [-0.15, -0.1) is 0 Å². The van der Waals surface area contributed by atoms with Gasteiger partial charge in [0.1, 0.15) is 0 Å². The molecule has 0 aliphatic carbocycles. The van der Waals surface area contributed by atoms with Crippen molar-refractivity contribution in [3.8, 4) is 0 Å². The van der Waals surface area contributed by atoms with E-state index in [2.05, 4.69) is 5.32 Å². The maximum Gasteiger partial charge on any atom is 0.238 e. The Morgan fingerprint density at radius 3 is 2.42 bits per heavy atom. The molecule has 26 heavy (non-hydrogen) atoms. The van der Waals surface area contributed by atoms with Crippen molar-refractivity contribution in [3.63, 3.8) is 0 Å². The average Bonchev–Trinajstić information content (AvgIpc) is 2.92. The van der Waals surface area contributed by atoms with E-state index in [1.807, 2.05) is 61.5 Å². The molecule has 4 nitrogen and oxygen atoms in total. The monoisotopic (exact) mass is 349 g/mol. The zero-order valence-corrected chi connectivity index (χ0v) is 14.9. The van der Waals surface area contributed by atoms with E-state index in [4.69, 9.17) is 0 Å². The lowest BCUT2D eigenvalue weighted by atomic mass is 9.92. The van der Waals surface area contributed by atoms with Crippen LogP contribution in [0.15, 0.2) is 54.6 Å². The molecule has 2 aromatic rings. The molecule has 1 amide bonds. The van der Waals surface area contributed by atoms with E-state index in [0.29, 0.717) is 19.3 Å². The van der Waals surface area contributed by atoms with Crippen molar-refractivity contribution < 1.29 is 14.4 Å². The van der Waals surface area contributed by atoms with E-state index in [-0.39, 0.29) is 18.0 Å². The highest BCUT2D eigenvalue weighted by atomic mass is 16.2. The van der Waals surface area contributed by atoms with Crippen molar-refractivity contribution in [2.45, 2.75) is 38.6 Å². The maximum atomic E-state index is 12.5. The fourth-order valence-corrected chi connectivity index (χ4v) is 3.41. The van der Waals surface area contributed by atoms with Gasteiger partial charge in [-0.05, 0) is 37.3 Å². The predicted molar refractivity (Wildman–Crippen MR) is 99.7 cm³/mol. The van der Waals surface area contributed by atoms with Gasteiger partial charge in [0.2, 0.25) is 5.91 Å². The van der Waals surface area contributed by atoms with Gasteiger partial charge in [0, 0.05) is 6.42 Å². The molecule has 2 atom stereocenters. The summed E-state index contributed by atoms with van der Waals surface area (Å²) in [5, 5.41) is 2.70. The lowest BCUT2D eigenvalue weighted by Crippen LogP contribution is -2.29. The number of benzene rings is 2. The van der Waals surface area contributed by atoms with E-state index in [1.165, 1.54) is 0 Å². The van der Waals surface area contributed by atoms with E-state index < -0.39 is 17.9 Å². The summed E-state index contributed by atoms with van der Waals surface area (Å²) in [5.41, 5.74) is 3.29. The van der Waals surface area contributed by atoms with Crippen molar-refractivity contribution in [1.29, 1.82) is 0 Å². The summed E-state index contributed by atoms with van der Waals surface area (Å²) in [5.74, 6) is -2.14. The van der Waals surface area contributed by atoms with Gasteiger partial charge in [0.25, 0.3) is 0 Å². The van der Waals surface area contributed by atoms with Gasteiger partial charge in [-0.2, -0.15) is 0 Å². The van der Waals surface area contributed by atoms with Crippen LogP contribution >= 0.6 is 0 Å². The average molecular weight is 349 g/mol. The molecular weight excluding hydrogens is 326 g/mol. The van der Waals surface area contributed by atoms with Crippen molar-refractivity contribution >= 4 is 17.5 Å². The fourth-order valence-electron chi connectivity index (χ4n) is 3.41. The van der Waals surface area contributed by atoms with Crippen LogP contribution in [0, 0.1) is 12.8 Å². The standard InChI is InChI=1S/C22H23NO3/c1-15-6-5-9-17(14-15)11-13-19(24)20-21(25)18(23-22(20)26)12-10-16-7-3-2-4-8-16/h2-9,14,18,20H,10-13H2,1H3,(H,23,26). The number of aryl methyl sites for hydroxylation is 3. The summed E-state index contributed by atoms with van der Waals surface area (Å²) in [6.07, 6.45) is 1.98. The minimum atomic E-state index is -1.14. The van der Waals surface area contributed by atoms with Crippen molar-refractivity contribution in [3.05, 3.63) is 71.3 Å². The number of amides is 1. The highest BCUT2D eigenvalue weighted by Gasteiger charge is 2.44. The van der Waals surface area contributed by atoms with E-state index in [1.54, 1.807) is 0 Å². The molecule has 1 aliphatic rings. The molecule has 2 aromatic carbocycles. The lowest BCUT2D eigenvalue weighted by molar-refractivity contribution is -0.136. The Morgan fingerprint density at radius 1 is 0.962 bits per heavy atom. The largest absolute Gasteiger partial charge is 0.345 e. The zero-order chi connectivity index (χ0) is 18.5. The van der Waals surface area contributed by atoms with Crippen LogP contribution in [0.4, 0.5) is 0 Å². The first-order valence-electron chi connectivity index (χ1n) is 9.01. The highest BCUT2D eigenvalue weighted by Crippen LogP contribution is 2.19. The van der Waals surface area contributed by atoms with Crippen molar-refractivity contribution in [2.24, 2.45) is 5.92 Å². The second-order valence-corrected chi connectivity index (χ2v) is 6.88. The minimum absolute atomic E-state index is 0.207. The van der Waals surface area contributed by atoms with E-state index >= 15 is 0 Å². The molecular formula is C22H23NO3. The van der Waals surface area contributed by atoms with Gasteiger partial charge in [-0.25, -0.2) is 0 Å². The predicted octanol–water partition coefficient (Wildman–Crippen LogP) is 2.81. The number of carbonyl (C=O) groups is 3. The lowest BCUT2D eigenvalue weighted by Gasteiger charge is -2.09. The van der Waals surface area contributed by atoms with Gasteiger partial charge >= 0.3 is 0 Å². The number of nitrogens with one attached hydrogen (secondary N) is 1. The highest BCUT2D eigenvalue weighted by molar-refractivity contribution is 6.24. The third kappa shape index (κ3) is 4.26. The van der Waals surface area contributed by atoms with Gasteiger partial charge in [-0.3, -0.25) is 14.4 Å². The molecule has 134 valence electrons. The Balaban J connectivity index is 1.56. The Kier molecular flexibility index (Phi) is 5.61. The summed E-state index contributed by atoms with van der Waals surface area (Å²) < 4.78 is 0. The quantitative estimate of drug-likeness (QED) is 0.782. The topological polar surface area (TPSA) is 63.2 Å². The molecule has 0 aromatic heterocycles. The van der Waals surface area contributed by atoms with Gasteiger partial charge in [0.15, 0.2) is 17.5 Å². The van der Waals surface area contributed by atoms with Crippen LogP contribution in [-0.4, -0.2) is 23.5 Å². The third-order valence-corrected chi connectivity index (χ3v) is 4.84. The van der Waals surface area contributed by atoms with Crippen molar-refractivity contribution in [1.82, 2.24) is 5.32 Å². The zero-order valence-electron chi connectivity index (χ0n) is 14.9. The van der Waals surface area contributed by atoms with Crippen LogP contribution in [0.3, 0.4) is 0 Å². The second kappa shape index (κ2) is 8.09. The summed E-state index contributed by atoms with van der Waals surface area (Å²) in [4.78, 5) is 37.2. The van der Waals surface area contributed by atoms with Gasteiger partial charge < -0.3 is 5.32 Å². The van der Waals surface area contributed by atoms with Crippen LogP contribution in [0.5, 0.6) is 0 Å². The normalized spacial score (nSPS) is 19.4. The number of ketones is 2. The van der Waals surface area contributed by atoms with Gasteiger partial charge in [0.05, 0.1) is 6.04 Å². The molecule has 1 heterocycles. The summed E-state index contributed by atoms with van der Waals surface area (Å²) >= 11 is 0. The first-order chi connectivity index (χ1) is 12.5. The van der Waals surface area contributed by atoms with Crippen molar-refractivity contribution in [2.75, 3.05) is 0 Å². The Bertz CT molecular complexity index is 813. The molecule has 0 bridgehead atoms. The number of carbonyl (C=O) groups excluding carboxylic acids is 3. The SMILES string of the molecule is Cc1cccc(CCC(=O)C2C(=O)NC(CCc3ccccc3)C2=O)c1. The van der Waals surface area contributed by atoms with Gasteiger partial charge in [-0.1, -0.05) is 60.2 Å². The van der Waals surface area contributed by atoms with Crippen LogP contribution in [0.1, 0.15) is 29.5 Å². The third-order valence-electron chi connectivity index (χ3n) is 4.84. The Labute approximate surface area is 153 Å². The second-order valence-electron chi connectivity index (χ2n) is 6.88. The number of hydrogen-bond acceptors (Lipinski definition) is 3. The first-order valence-corrected chi connectivity index (χ1v) is 9.01. The maximum absolute atomic E-state index is 12.5. The molecule has 1 fully saturated rings. The summed E-state index contributed by atoms with van der Waals surface area (Å²) in [6.45, 7) is 2.00. The van der Waals surface area contributed by atoms with Crippen LogP contribution < -0.4 is 5.32 Å². The Hall–Kier alpha value is -2.75. The molecule has 1 saturated heterocycles. The smallest absolute Gasteiger partial charge is 0.238 e. The van der Waals surface area contributed by atoms with Crippen LogP contribution in [0.2, 0.25) is 0 Å². The molecule has 3 rings (SSSR count). The Morgan fingerprint density at radius 2 is 1.69 bits per heavy atom. The molecule has 0 saturated carbocycles. The molecule has 0 radical (unpaired) electrons.